The molecular formula is C21H19FN2O4. The molecule has 2 aromatic carbocycles. The Bertz CT molecular complexity index is 924. The second-order valence-electron chi connectivity index (χ2n) is 6.49. The van der Waals surface area contributed by atoms with Crippen LogP contribution in [-0.4, -0.2) is 22.9 Å². The summed E-state index contributed by atoms with van der Waals surface area (Å²) in [5, 5.41) is 14.7. The molecule has 0 radical (unpaired) electrons. The van der Waals surface area contributed by atoms with Crippen LogP contribution in [0.1, 0.15) is 23.2 Å². The first-order valence-electron chi connectivity index (χ1n) is 8.80. The van der Waals surface area contributed by atoms with E-state index in [0.717, 1.165) is 0 Å². The highest BCUT2D eigenvalue weighted by Crippen LogP contribution is 2.28. The highest BCUT2D eigenvalue weighted by atomic mass is 19.1. The number of carbonyl (C=O) groups is 3. The molecule has 2 atom stereocenters. The zero-order chi connectivity index (χ0) is 20.1. The fraction of sp³-hybridized carbons (Fsp3) is 0.190. The van der Waals surface area contributed by atoms with E-state index in [9.17, 15) is 23.9 Å². The summed E-state index contributed by atoms with van der Waals surface area (Å²) in [6.45, 7) is 0. The molecule has 3 rings (SSSR count). The number of hydrogen-bond donors (Lipinski definition) is 3. The second-order valence-corrected chi connectivity index (χ2v) is 6.49. The van der Waals surface area contributed by atoms with Crippen LogP contribution < -0.4 is 10.6 Å². The van der Waals surface area contributed by atoms with Gasteiger partial charge in [0.05, 0.1) is 23.1 Å². The molecule has 2 aromatic rings. The standard InChI is InChI=1S/C21H19FN2O4/c22-13-9-11-14(12-10-13)23-20(26)17-7-3-4-8-18(17)24-19(25)15-5-1-2-6-16(15)21(27)28/h1-4,7-12,15-16H,5-6H2,(H,23,26)(H,24,25)(H,27,28)/t15-,16-/m0/s1. The fourth-order valence-electron chi connectivity index (χ4n) is 3.12. The Morgan fingerprint density at radius 2 is 1.54 bits per heavy atom. The molecule has 1 aliphatic rings. The summed E-state index contributed by atoms with van der Waals surface area (Å²) in [5.41, 5.74) is 0.917. The molecule has 0 saturated heterocycles. The van der Waals surface area contributed by atoms with Gasteiger partial charge < -0.3 is 15.7 Å². The highest BCUT2D eigenvalue weighted by molar-refractivity contribution is 6.10. The van der Waals surface area contributed by atoms with E-state index in [1.807, 2.05) is 0 Å². The highest BCUT2D eigenvalue weighted by Gasteiger charge is 2.34. The second kappa shape index (κ2) is 8.47. The van der Waals surface area contributed by atoms with E-state index >= 15 is 0 Å². The number of rotatable bonds is 5. The summed E-state index contributed by atoms with van der Waals surface area (Å²) in [7, 11) is 0. The quantitative estimate of drug-likeness (QED) is 0.688. The number of carbonyl (C=O) groups excluding carboxylic acids is 2. The van der Waals surface area contributed by atoms with Gasteiger partial charge in [-0.25, -0.2) is 4.39 Å². The van der Waals surface area contributed by atoms with Crippen molar-refractivity contribution in [2.75, 3.05) is 10.6 Å². The number of para-hydroxylation sites is 1. The van der Waals surface area contributed by atoms with Crippen LogP contribution in [0.15, 0.2) is 60.7 Å². The van der Waals surface area contributed by atoms with E-state index in [4.69, 9.17) is 0 Å². The Kier molecular flexibility index (Phi) is 5.84. The van der Waals surface area contributed by atoms with E-state index in [2.05, 4.69) is 10.6 Å². The molecule has 1 aliphatic carbocycles. The maximum atomic E-state index is 13.0. The smallest absolute Gasteiger partial charge is 0.307 e. The van der Waals surface area contributed by atoms with Crippen molar-refractivity contribution in [3.8, 4) is 0 Å². The summed E-state index contributed by atoms with van der Waals surface area (Å²) >= 11 is 0. The monoisotopic (exact) mass is 382 g/mol. The average Bonchev–Trinajstić information content (AvgIpc) is 2.70. The Balaban J connectivity index is 1.77. The summed E-state index contributed by atoms with van der Waals surface area (Å²) in [6, 6.07) is 11.8. The molecule has 0 saturated carbocycles. The van der Waals surface area contributed by atoms with Gasteiger partial charge in [0.25, 0.3) is 5.91 Å². The number of allylic oxidation sites excluding steroid dienone is 2. The summed E-state index contributed by atoms with van der Waals surface area (Å²) in [5.74, 6) is -3.87. The number of carboxylic acids is 1. The fourth-order valence-corrected chi connectivity index (χ4v) is 3.12. The van der Waals surface area contributed by atoms with Gasteiger partial charge in [-0.3, -0.25) is 14.4 Å². The van der Waals surface area contributed by atoms with Gasteiger partial charge in [-0.2, -0.15) is 0 Å². The zero-order valence-electron chi connectivity index (χ0n) is 14.9. The number of amides is 2. The van der Waals surface area contributed by atoms with E-state index in [1.165, 1.54) is 24.3 Å². The molecule has 28 heavy (non-hydrogen) atoms. The van der Waals surface area contributed by atoms with Crippen molar-refractivity contribution in [1.82, 2.24) is 0 Å². The maximum absolute atomic E-state index is 13.0. The first kappa shape index (κ1) is 19.3. The number of hydrogen-bond acceptors (Lipinski definition) is 3. The third-order valence-electron chi connectivity index (χ3n) is 4.62. The van der Waals surface area contributed by atoms with Crippen molar-refractivity contribution in [2.45, 2.75) is 12.8 Å². The van der Waals surface area contributed by atoms with Gasteiger partial charge in [0, 0.05) is 5.69 Å². The molecule has 0 heterocycles. The molecule has 0 aliphatic heterocycles. The number of aliphatic carboxylic acids is 1. The molecule has 7 heteroatoms. The Morgan fingerprint density at radius 3 is 2.21 bits per heavy atom. The van der Waals surface area contributed by atoms with Gasteiger partial charge in [0.15, 0.2) is 0 Å². The largest absolute Gasteiger partial charge is 0.481 e. The lowest BCUT2D eigenvalue weighted by atomic mass is 9.82. The minimum atomic E-state index is -1.02. The average molecular weight is 382 g/mol. The van der Waals surface area contributed by atoms with E-state index in [0.29, 0.717) is 18.5 Å². The number of anilines is 2. The van der Waals surface area contributed by atoms with Crippen LogP contribution >= 0.6 is 0 Å². The lowest BCUT2D eigenvalue weighted by Crippen LogP contribution is -2.35. The first-order valence-corrected chi connectivity index (χ1v) is 8.80. The van der Waals surface area contributed by atoms with Gasteiger partial charge in [-0.1, -0.05) is 24.3 Å². The number of benzene rings is 2. The number of halogens is 1. The normalized spacial score (nSPS) is 18.3. The van der Waals surface area contributed by atoms with E-state index in [1.54, 1.807) is 36.4 Å². The molecule has 144 valence electrons. The predicted octanol–water partition coefficient (Wildman–Crippen LogP) is 3.68. The summed E-state index contributed by atoms with van der Waals surface area (Å²) in [6.07, 6.45) is 4.16. The summed E-state index contributed by atoms with van der Waals surface area (Å²) < 4.78 is 13.0. The molecular weight excluding hydrogens is 363 g/mol. The predicted molar refractivity (Wildman–Crippen MR) is 102 cm³/mol. The Morgan fingerprint density at radius 1 is 0.893 bits per heavy atom. The van der Waals surface area contributed by atoms with Gasteiger partial charge in [-0.05, 0) is 49.2 Å². The van der Waals surface area contributed by atoms with Gasteiger partial charge >= 0.3 is 5.97 Å². The van der Waals surface area contributed by atoms with E-state index < -0.39 is 35.4 Å². The molecule has 0 bridgehead atoms. The minimum Gasteiger partial charge on any atom is -0.481 e. The van der Waals surface area contributed by atoms with Crippen LogP contribution in [0, 0.1) is 17.7 Å². The van der Waals surface area contributed by atoms with Gasteiger partial charge in [0.1, 0.15) is 5.82 Å². The molecule has 2 amide bonds. The van der Waals surface area contributed by atoms with Crippen molar-refractivity contribution in [3.05, 3.63) is 72.1 Å². The maximum Gasteiger partial charge on any atom is 0.307 e. The van der Waals surface area contributed by atoms with Crippen molar-refractivity contribution in [3.63, 3.8) is 0 Å². The topological polar surface area (TPSA) is 95.5 Å². The van der Waals surface area contributed by atoms with E-state index in [-0.39, 0.29) is 11.3 Å². The third kappa shape index (κ3) is 4.43. The molecule has 3 N–H and O–H groups in total. The lowest BCUT2D eigenvalue weighted by molar-refractivity contribution is -0.146. The lowest BCUT2D eigenvalue weighted by Gasteiger charge is -2.24. The van der Waals surface area contributed by atoms with Crippen LogP contribution in [0.25, 0.3) is 0 Å². The van der Waals surface area contributed by atoms with Crippen molar-refractivity contribution >= 4 is 29.2 Å². The third-order valence-corrected chi connectivity index (χ3v) is 4.62. The zero-order valence-corrected chi connectivity index (χ0v) is 14.9. The molecule has 0 unspecified atom stereocenters. The van der Waals surface area contributed by atoms with Crippen molar-refractivity contribution in [2.24, 2.45) is 11.8 Å². The minimum absolute atomic E-state index is 0.221. The molecule has 0 fully saturated rings. The van der Waals surface area contributed by atoms with Crippen molar-refractivity contribution in [1.29, 1.82) is 0 Å². The van der Waals surface area contributed by atoms with Crippen LogP contribution in [0.2, 0.25) is 0 Å². The van der Waals surface area contributed by atoms with Crippen molar-refractivity contribution < 1.29 is 23.9 Å². The summed E-state index contributed by atoms with van der Waals surface area (Å²) in [4.78, 5) is 36.7. The van der Waals surface area contributed by atoms with Crippen LogP contribution in [0.3, 0.4) is 0 Å². The molecule has 6 nitrogen and oxygen atoms in total. The molecule has 0 spiro atoms. The molecule has 0 aromatic heterocycles. The number of nitrogens with one attached hydrogen (secondary N) is 2. The van der Waals surface area contributed by atoms with Gasteiger partial charge in [-0.15, -0.1) is 0 Å². The van der Waals surface area contributed by atoms with Crippen LogP contribution in [-0.2, 0) is 9.59 Å². The van der Waals surface area contributed by atoms with Gasteiger partial charge in [0.2, 0.25) is 5.91 Å². The van der Waals surface area contributed by atoms with Crippen LogP contribution in [0.4, 0.5) is 15.8 Å². The van der Waals surface area contributed by atoms with Crippen LogP contribution in [0.5, 0.6) is 0 Å². The first-order chi connectivity index (χ1) is 13.5. The number of carboxylic acid groups (broad SMARTS) is 1. The SMILES string of the molecule is O=C(Nc1ccc(F)cc1)c1ccccc1NC(=O)[C@H]1CC=CC[C@@H]1C(=O)O. The Hall–Kier alpha value is -3.48. The Labute approximate surface area is 161 Å².